The van der Waals surface area contributed by atoms with Crippen LogP contribution < -0.4 is 10.7 Å². The highest BCUT2D eigenvalue weighted by atomic mass is 19.4. The van der Waals surface area contributed by atoms with Crippen molar-refractivity contribution < 1.29 is 18.0 Å². The molecule has 0 bridgehead atoms. The van der Waals surface area contributed by atoms with Crippen LogP contribution in [0.1, 0.15) is 27.3 Å². The van der Waals surface area contributed by atoms with Crippen molar-refractivity contribution in [1.29, 1.82) is 0 Å². The number of halogens is 3. The smallest absolute Gasteiger partial charge is 0.346 e. The molecule has 1 aromatic carbocycles. The second-order valence-electron chi connectivity index (χ2n) is 7.08. The Morgan fingerprint density at radius 2 is 1.91 bits per heavy atom. The van der Waals surface area contributed by atoms with Crippen molar-refractivity contribution >= 4 is 5.91 Å². The summed E-state index contributed by atoms with van der Waals surface area (Å²) in [5.74, 6) is -0.267. The second kappa shape index (κ2) is 8.69. The Balaban J connectivity index is 1.62. The molecule has 0 saturated carbocycles. The summed E-state index contributed by atoms with van der Waals surface area (Å²) in [5.41, 5.74) is -0.962. The molecule has 0 aliphatic rings. The van der Waals surface area contributed by atoms with E-state index in [0.717, 1.165) is 22.9 Å². The van der Waals surface area contributed by atoms with Crippen LogP contribution in [-0.4, -0.2) is 30.5 Å². The van der Waals surface area contributed by atoms with Crippen LogP contribution in [0, 0.1) is 6.92 Å². The van der Waals surface area contributed by atoms with Gasteiger partial charge in [-0.3, -0.25) is 9.59 Å². The van der Waals surface area contributed by atoms with Crippen LogP contribution in [0.15, 0.2) is 71.9 Å². The summed E-state index contributed by atoms with van der Waals surface area (Å²) >= 11 is 0. The molecule has 0 spiro atoms. The normalized spacial score (nSPS) is 11.4. The molecule has 8 nitrogen and oxygen atoms in total. The number of carbonyl (C=O) groups is 1. The van der Waals surface area contributed by atoms with E-state index in [0.29, 0.717) is 11.4 Å². The number of aromatic nitrogens is 5. The maximum atomic E-state index is 13.1. The zero-order valence-electron chi connectivity index (χ0n) is 17.2. The van der Waals surface area contributed by atoms with Crippen molar-refractivity contribution in [2.45, 2.75) is 19.6 Å². The van der Waals surface area contributed by atoms with Crippen molar-refractivity contribution in [3.63, 3.8) is 0 Å². The molecule has 0 fully saturated rings. The number of hydrogen-bond acceptors (Lipinski definition) is 5. The zero-order valence-corrected chi connectivity index (χ0v) is 17.2. The first-order chi connectivity index (χ1) is 15.7. The number of rotatable bonds is 5. The quantitative estimate of drug-likeness (QED) is 0.500. The van der Waals surface area contributed by atoms with Gasteiger partial charge in [-0.2, -0.15) is 23.4 Å². The Kier molecular flexibility index (Phi) is 5.78. The molecular formula is C22H17F3N6O2. The van der Waals surface area contributed by atoms with Gasteiger partial charge in [0.1, 0.15) is 0 Å². The Morgan fingerprint density at radius 3 is 2.64 bits per heavy atom. The van der Waals surface area contributed by atoms with Crippen LogP contribution in [0.3, 0.4) is 0 Å². The Hall–Kier alpha value is -4.28. The molecular weight excluding hydrogens is 437 g/mol. The van der Waals surface area contributed by atoms with Crippen LogP contribution in [0.5, 0.6) is 0 Å². The summed E-state index contributed by atoms with van der Waals surface area (Å²) in [5, 5.41) is 10.8. The number of nitrogens with zero attached hydrogens (tertiary/aromatic N) is 5. The van der Waals surface area contributed by atoms with Gasteiger partial charge in [-0.15, -0.1) is 0 Å². The highest BCUT2D eigenvalue weighted by Gasteiger charge is 2.30. The molecule has 1 amide bonds. The lowest BCUT2D eigenvalue weighted by Gasteiger charge is -2.14. The van der Waals surface area contributed by atoms with Crippen molar-refractivity contribution in [2.75, 3.05) is 0 Å². The molecule has 1 N–H and O–H groups in total. The lowest BCUT2D eigenvalue weighted by atomic mass is 10.2. The van der Waals surface area contributed by atoms with Gasteiger partial charge < -0.3 is 5.32 Å². The maximum absolute atomic E-state index is 13.1. The van der Waals surface area contributed by atoms with E-state index in [-0.39, 0.29) is 17.9 Å². The van der Waals surface area contributed by atoms with Crippen molar-refractivity contribution in [2.24, 2.45) is 0 Å². The van der Waals surface area contributed by atoms with Gasteiger partial charge in [-0.1, -0.05) is 12.1 Å². The van der Waals surface area contributed by atoms with E-state index in [1.165, 1.54) is 23.7 Å². The van der Waals surface area contributed by atoms with Gasteiger partial charge in [-0.25, -0.2) is 14.3 Å². The average Bonchev–Trinajstić information content (AvgIpc) is 3.32. The number of pyridine rings is 1. The number of alkyl halides is 3. The summed E-state index contributed by atoms with van der Waals surface area (Å²) in [4.78, 5) is 29.4. The highest BCUT2D eigenvalue weighted by Crippen LogP contribution is 2.30. The standard InChI is InChI=1S/C22H17F3N6O2/c1-14-11-18(32)19(29-31(14)17-7-2-6-16(12-17)22(23,24)25)21(33)27-13-15-5-3-8-26-20(15)30-10-4-9-28-30/h2-12H,13H2,1H3,(H,27,33). The fraction of sp³-hybridized carbons (Fsp3) is 0.136. The Bertz CT molecular complexity index is 1360. The maximum Gasteiger partial charge on any atom is 0.416 e. The molecule has 4 aromatic rings. The summed E-state index contributed by atoms with van der Waals surface area (Å²) in [6, 6.07) is 10.8. The summed E-state index contributed by atoms with van der Waals surface area (Å²) in [6.45, 7) is 1.54. The Morgan fingerprint density at radius 1 is 1.09 bits per heavy atom. The van der Waals surface area contributed by atoms with Crippen LogP contribution in [-0.2, 0) is 12.7 Å². The van der Waals surface area contributed by atoms with Gasteiger partial charge in [0, 0.05) is 42.5 Å². The molecule has 3 aromatic heterocycles. The minimum absolute atomic E-state index is 0.0282. The first kappa shape index (κ1) is 21.9. The molecule has 4 rings (SSSR count). The van der Waals surface area contributed by atoms with Gasteiger partial charge in [0.25, 0.3) is 5.91 Å². The largest absolute Gasteiger partial charge is 0.416 e. The lowest BCUT2D eigenvalue weighted by molar-refractivity contribution is -0.137. The number of hydrogen-bond donors (Lipinski definition) is 1. The predicted octanol–water partition coefficient (Wildman–Crippen LogP) is 3.07. The first-order valence-electron chi connectivity index (χ1n) is 9.75. The fourth-order valence-corrected chi connectivity index (χ4v) is 3.21. The first-order valence-corrected chi connectivity index (χ1v) is 9.75. The van der Waals surface area contributed by atoms with Crippen molar-refractivity contribution in [3.8, 4) is 11.5 Å². The number of aryl methyl sites for hydroxylation is 1. The van der Waals surface area contributed by atoms with Crippen LogP contribution in [0.2, 0.25) is 0 Å². The molecule has 3 heterocycles. The van der Waals surface area contributed by atoms with E-state index in [1.54, 1.807) is 36.8 Å². The third-order valence-electron chi connectivity index (χ3n) is 4.77. The van der Waals surface area contributed by atoms with Gasteiger partial charge >= 0.3 is 6.18 Å². The van der Waals surface area contributed by atoms with Gasteiger partial charge in [-0.05, 0) is 37.3 Å². The Labute approximate surface area is 185 Å². The van der Waals surface area contributed by atoms with E-state index in [2.05, 4.69) is 20.5 Å². The second-order valence-corrected chi connectivity index (χ2v) is 7.08. The molecule has 0 aliphatic carbocycles. The average molecular weight is 454 g/mol. The van der Waals surface area contributed by atoms with Crippen LogP contribution in [0.4, 0.5) is 13.2 Å². The summed E-state index contributed by atoms with van der Waals surface area (Å²) in [6.07, 6.45) is 0.323. The van der Waals surface area contributed by atoms with Crippen LogP contribution >= 0.6 is 0 Å². The molecule has 168 valence electrons. The molecule has 0 saturated heterocycles. The summed E-state index contributed by atoms with van der Waals surface area (Å²) in [7, 11) is 0. The molecule has 11 heteroatoms. The summed E-state index contributed by atoms with van der Waals surface area (Å²) < 4.78 is 42.0. The molecule has 33 heavy (non-hydrogen) atoms. The molecule has 0 radical (unpaired) electrons. The minimum atomic E-state index is -4.54. The highest BCUT2D eigenvalue weighted by molar-refractivity contribution is 5.92. The molecule has 0 unspecified atom stereocenters. The van der Waals surface area contributed by atoms with Crippen molar-refractivity contribution in [1.82, 2.24) is 29.9 Å². The van der Waals surface area contributed by atoms with E-state index in [4.69, 9.17) is 0 Å². The molecule has 0 aliphatic heterocycles. The zero-order chi connectivity index (χ0) is 23.6. The predicted molar refractivity (Wildman–Crippen MR) is 112 cm³/mol. The number of nitrogens with one attached hydrogen (secondary N) is 1. The number of carbonyl (C=O) groups excluding carboxylic acids is 1. The third kappa shape index (κ3) is 4.66. The van der Waals surface area contributed by atoms with Gasteiger partial charge in [0.05, 0.1) is 11.3 Å². The third-order valence-corrected chi connectivity index (χ3v) is 4.77. The topological polar surface area (TPSA) is 94.7 Å². The SMILES string of the molecule is Cc1cc(=O)c(C(=O)NCc2cccnc2-n2cccn2)nn1-c1cccc(C(F)(F)F)c1. The molecule has 0 atom stereocenters. The monoisotopic (exact) mass is 454 g/mol. The number of amides is 1. The van der Waals surface area contributed by atoms with E-state index in [1.807, 2.05) is 0 Å². The van der Waals surface area contributed by atoms with Crippen molar-refractivity contribution in [3.05, 3.63) is 99.9 Å². The van der Waals surface area contributed by atoms with E-state index >= 15 is 0 Å². The van der Waals surface area contributed by atoms with E-state index < -0.39 is 28.8 Å². The van der Waals surface area contributed by atoms with Gasteiger partial charge in [0.2, 0.25) is 5.43 Å². The fourth-order valence-electron chi connectivity index (χ4n) is 3.21. The van der Waals surface area contributed by atoms with Crippen LogP contribution in [0.25, 0.3) is 11.5 Å². The minimum Gasteiger partial charge on any atom is -0.346 e. The number of benzene rings is 1. The van der Waals surface area contributed by atoms with E-state index in [9.17, 15) is 22.8 Å². The lowest BCUT2D eigenvalue weighted by Crippen LogP contribution is -2.32. The van der Waals surface area contributed by atoms with Gasteiger partial charge in [0.15, 0.2) is 11.5 Å².